The fourth-order valence-electron chi connectivity index (χ4n) is 2.34. The average Bonchev–Trinajstić information content (AvgIpc) is 2.73. The third-order valence-corrected chi connectivity index (χ3v) is 3.58. The van der Waals surface area contributed by atoms with Crippen LogP contribution in [-0.4, -0.2) is 38.1 Å². The van der Waals surface area contributed by atoms with E-state index in [2.05, 4.69) is 10.4 Å². The predicted octanol–water partition coefficient (Wildman–Crippen LogP) is 0.838. The Bertz CT molecular complexity index is 422. The zero-order valence-corrected chi connectivity index (χ0v) is 10.5. The van der Waals surface area contributed by atoms with Crippen LogP contribution in [0.1, 0.15) is 25.7 Å². The first-order chi connectivity index (χ1) is 8.48. The van der Waals surface area contributed by atoms with Crippen molar-refractivity contribution in [3.05, 3.63) is 12.3 Å². The number of anilines is 1. The molecule has 1 saturated carbocycles. The molecule has 0 unspecified atom stereocenters. The highest BCUT2D eigenvalue weighted by Crippen LogP contribution is 2.32. The molecule has 0 saturated heterocycles. The van der Waals surface area contributed by atoms with Gasteiger partial charge in [-0.3, -0.25) is 9.48 Å². The maximum atomic E-state index is 10.8. The first-order valence-electron chi connectivity index (χ1n) is 6.17. The molecule has 0 aromatic carbocycles. The van der Waals surface area contributed by atoms with Gasteiger partial charge in [0.15, 0.2) is 0 Å². The molecule has 0 atom stereocenters. The number of carboxylic acids is 1. The number of carboxylic acid groups (broad SMARTS) is 1. The van der Waals surface area contributed by atoms with Gasteiger partial charge in [-0.2, -0.15) is 5.10 Å². The van der Waals surface area contributed by atoms with Gasteiger partial charge in [0.05, 0.1) is 11.5 Å². The molecular weight excluding hydrogens is 234 g/mol. The van der Waals surface area contributed by atoms with E-state index in [0.717, 1.165) is 5.82 Å². The van der Waals surface area contributed by atoms with E-state index in [0.29, 0.717) is 32.2 Å². The lowest BCUT2D eigenvalue weighted by atomic mass is 9.79. The van der Waals surface area contributed by atoms with Crippen LogP contribution in [0.2, 0.25) is 0 Å². The summed E-state index contributed by atoms with van der Waals surface area (Å²) in [6.07, 6.45) is 3.94. The van der Waals surface area contributed by atoms with Crippen molar-refractivity contribution in [2.45, 2.75) is 31.3 Å². The van der Waals surface area contributed by atoms with E-state index >= 15 is 0 Å². The van der Waals surface area contributed by atoms with Crippen LogP contribution < -0.4 is 5.32 Å². The summed E-state index contributed by atoms with van der Waals surface area (Å²) in [5, 5.41) is 26.5. The highest BCUT2D eigenvalue weighted by molar-refractivity contribution is 5.70. The Kier molecular flexibility index (Phi) is 3.56. The fourth-order valence-corrected chi connectivity index (χ4v) is 2.34. The maximum Gasteiger partial charge on any atom is 0.306 e. The minimum atomic E-state index is -0.816. The first kappa shape index (κ1) is 12.9. The number of aromatic nitrogens is 2. The smallest absolute Gasteiger partial charge is 0.306 e. The minimum absolute atomic E-state index is 0.305. The second-order valence-corrected chi connectivity index (χ2v) is 5.07. The number of aliphatic carboxylic acids is 1. The van der Waals surface area contributed by atoms with Gasteiger partial charge in [0.2, 0.25) is 0 Å². The van der Waals surface area contributed by atoms with Crippen LogP contribution in [0.3, 0.4) is 0 Å². The second kappa shape index (κ2) is 4.97. The predicted molar refractivity (Wildman–Crippen MR) is 66.2 cm³/mol. The number of nitrogens with zero attached hydrogens (tertiary/aromatic N) is 2. The molecule has 1 aromatic rings. The molecular formula is C12H19N3O3. The minimum Gasteiger partial charge on any atom is -0.481 e. The quantitative estimate of drug-likeness (QED) is 0.740. The molecule has 6 heteroatoms. The van der Waals surface area contributed by atoms with E-state index in [1.165, 1.54) is 0 Å². The van der Waals surface area contributed by atoms with Gasteiger partial charge >= 0.3 is 5.97 Å². The highest BCUT2D eigenvalue weighted by Gasteiger charge is 2.35. The number of carbonyl (C=O) groups is 1. The van der Waals surface area contributed by atoms with Gasteiger partial charge in [0, 0.05) is 25.9 Å². The van der Waals surface area contributed by atoms with Gasteiger partial charge in [0.1, 0.15) is 5.82 Å². The summed E-state index contributed by atoms with van der Waals surface area (Å²) in [6, 6.07) is 1.84. The molecule has 0 radical (unpaired) electrons. The van der Waals surface area contributed by atoms with E-state index in [-0.39, 0.29) is 5.92 Å². The second-order valence-electron chi connectivity index (χ2n) is 5.07. The van der Waals surface area contributed by atoms with Crippen molar-refractivity contribution >= 4 is 11.8 Å². The lowest BCUT2D eigenvalue weighted by Gasteiger charge is -2.34. The molecule has 0 bridgehead atoms. The van der Waals surface area contributed by atoms with Gasteiger partial charge in [0.25, 0.3) is 0 Å². The van der Waals surface area contributed by atoms with Crippen molar-refractivity contribution < 1.29 is 15.0 Å². The van der Waals surface area contributed by atoms with Crippen LogP contribution in [0.5, 0.6) is 0 Å². The maximum absolute atomic E-state index is 10.8. The van der Waals surface area contributed by atoms with Crippen molar-refractivity contribution in [1.82, 2.24) is 9.78 Å². The summed E-state index contributed by atoms with van der Waals surface area (Å²) in [7, 11) is 1.83. The monoisotopic (exact) mass is 253 g/mol. The highest BCUT2D eigenvalue weighted by atomic mass is 16.4. The van der Waals surface area contributed by atoms with Crippen LogP contribution >= 0.6 is 0 Å². The molecule has 3 N–H and O–H groups in total. The summed E-state index contributed by atoms with van der Waals surface area (Å²) in [5.41, 5.74) is -0.816. The van der Waals surface area contributed by atoms with Crippen LogP contribution in [-0.2, 0) is 11.8 Å². The topological polar surface area (TPSA) is 87.4 Å². The van der Waals surface area contributed by atoms with Crippen LogP contribution in [0, 0.1) is 5.92 Å². The van der Waals surface area contributed by atoms with E-state index in [9.17, 15) is 9.90 Å². The Morgan fingerprint density at radius 1 is 1.61 bits per heavy atom. The molecule has 100 valence electrons. The Morgan fingerprint density at radius 3 is 2.78 bits per heavy atom. The van der Waals surface area contributed by atoms with Crippen molar-refractivity contribution in [2.75, 3.05) is 11.9 Å². The number of hydrogen-bond acceptors (Lipinski definition) is 4. The van der Waals surface area contributed by atoms with Crippen molar-refractivity contribution in [1.29, 1.82) is 0 Å². The van der Waals surface area contributed by atoms with Gasteiger partial charge in [-0.05, 0) is 25.7 Å². The summed E-state index contributed by atoms with van der Waals surface area (Å²) in [5.74, 6) is -0.332. The zero-order valence-electron chi connectivity index (χ0n) is 10.5. The molecule has 0 amide bonds. The number of nitrogens with one attached hydrogen (secondary N) is 1. The molecule has 1 aliphatic rings. The fraction of sp³-hybridized carbons (Fsp3) is 0.667. The van der Waals surface area contributed by atoms with Crippen molar-refractivity contribution in [2.24, 2.45) is 13.0 Å². The molecule has 1 aromatic heterocycles. The summed E-state index contributed by atoms with van der Waals surface area (Å²) < 4.78 is 1.69. The molecule has 0 spiro atoms. The number of aliphatic hydroxyl groups is 1. The van der Waals surface area contributed by atoms with Crippen LogP contribution in [0.4, 0.5) is 5.82 Å². The third kappa shape index (κ3) is 3.01. The van der Waals surface area contributed by atoms with E-state index in [4.69, 9.17) is 5.11 Å². The standard InChI is InChI=1S/C12H19N3O3/c1-15-7-4-10(14-15)13-8-12(18)5-2-9(3-6-12)11(16)17/h4,7,9,18H,2-3,5-6,8H2,1H3,(H,13,14)(H,16,17). The van der Waals surface area contributed by atoms with E-state index in [1.807, 2.05) is 19.3 Å². The first-order valence-corrected chi connectivity index (χ1v) is 6.17. The Labute approximate surface area is 106 Å². The summed E-state index contributed by atoms with van der Waals surface area (Å²) >= 11 is 0. The lowest BCUT2D eigenvalue weighted by Crippen LogP contribution is -2.41. The third-order valence-electron chi connectivity index (χ3n) is 3.58. The molecule has 1 aliphatic carbocycles. The largest absolute Gasteiger partial charge is 0.481 e. The number of aryl methyl sites for hydroxylation is 1. The van der Waals surface area contributed by atoms with Gasteiger partial charge in [-0.25, -0.2) is 0 Å². The van der Waals surface area contributed by atoms with E-state index in [1.54, 1.807) is 4.68 Å². The molecule has 18 heavy (non-hydrogen) atoms. The van der Waals surface area contributed by atoms with Crippen molar-refractivity contribution in [3.8, 4) is 0 Å². The average molecular weight is 253 g/mol. The molecule has 6 nitrogen and oxygen atoms in total. The van der Waals surface area contributed by atoms with Gasteiger partial charge in [-0.1, -0.05) is 0 Å². The molecule has 1 fully saturated rings. The van der Waals surface area contributed by atoms with Gasteiger partial charge < -0.3 is 15.5 Å². The Balaban J connectivity index is 1.84. The molecule has 0 aliphatic heterocycles. The SMILES string of the molecule is Cn1ccc(NCC2(O)CCC(C(=O)O)CC2)n1. The zero-order chi connectivity index (χ0) is 13.2. The molecule has 2 rings (SSSR count). The Hall–Kier alpha value is -1.56. The lowest BCUT2D eigenvalue weighted by molar-refractivity contribution is -0.144. The molecule has 1 heterocycles. The number of hydrogen-bond donors (Lipinski definition) is 3. The summed E-state index contributed by atoms with van der Waals surface area (Å²) in [4.78, 5) is 10.8. The van der Waals surface area contributed by atoms with E-state index < -0.39 is 11.6 Å². The number of rotatable bonds is 4. The van der Waals surface area contributed by atoms with Gasteiger partial charge in [-0.15, -0.1) is 0 Å². The normalized spacial score (nSPS) is 28.0. The van der Waals surface area contributed by atoms with Crippen LogP contribution in [0.15, 0.2) is 12.3 Å². The Morgan fingerprint density at radius 2 is 2.28 bits per heavy atom. The van der Waals surface area contributed by atoms with Crippen molar-refractivity contribution in [3.63, 3.8) is 0 Å². The van der Waals surface area contributed by atoms with Crippen LogP contribution in [0.25, 0.3) is 0 Å². The summed E-state index contributed by atoms with van der Waals surface area (Å²) in [6.45, 7) is 0.413.